The zero-order valence-corrected chi connectivity index (χ0v) is 12.1. The average Bonchev–Trinajstić information content (AvgIpc) is 2.71. The number of thiophene rings is 1. The number of aryl methyl sites for hydroxylation is 1. The van der Waals surface area contributed by atoms with Gasteiger partial charge in [0.15, 0.2) is 0 Å². The summed E-state index contributed by atoms with van der Waals surface area (Å²) in [4.78, 5) is 10.8. The molecule has 10 heteroatoms. The van der Waals surface area contributed by atoms with E-state index in [1.54, 1.807) is 0 Å². The van der Waals surface area contributed by atoms with Crippen LogP contribution >= 0.6 is 11.3 Å². The van der Waals surface area contributed by atoms with Gasteiger partial charge in [0.2, 0.25) is 10.0 Å². The fraction of sp³-hybridized carbons (Fsp3) is 0.500. The smallest absolute Gasteiger partial charge is 0.346 e. The lowest BCUT2D eigenvalue weighted by atomic mass is 10.3. The third kappa shape index (κ3) is 4.78. The first-order valence-corrected chi connectivity index (χ1v) is 7.73. The highest BCUT2D eigenvalue weighted by molar-refractivity contribution is 7.91. The summed E-state index contributed by atoms with van der Waals surface area (Å²) < 4.78 is 53.7. The summed E-state index contributed by atoms with van der Waals surface area (Å²) in [5.41, 5.74) is 0.344. The second-order valence-corrected chi connectivity index (χ2v) is 6.79. The van der Waals surface area contributed by atoms with E-state index in [0.29, 0.717) is 16.9 Å². The SMILES string of the molecule is Cc1cc(S(=O)(=O)NCCOCC(F)F)sc1C(=O)O. The number of ether oxygens (including phenoxy) is 1. The van der Waals surface area contributed by atoms with Gasteiger partial charge in [0, 0.05) is 6.54 Å². The topological polar surface area (TPSA) is 92.7 Å². The van der Waals surface area contributed by atoms with Gasteiger partial charge < -0.3 is 9.84 Å². The monoisotopic (exact) mass is 329 g/mol. The number of carbonyl (C=O) groups is 1. The molecule has 1 heterocycles. The summed E-state index contributed by atoms with van der Waals surface area (Å²) in [5, 5.41) is 8.85. The molecule has 1 rings (SSSR count). The van der Waals surface area contributed by atoms with Gasteiger partial charge in [-0.1, -0.05) is 0 Å². The highest BCUT2D eigenvalue weighted by Crippen LogP contribution is 2.25. The van der Waals surface area contributed by atoms with Crippen molar-refractivity contribution in [3.05, 3.63) is 16.5 Å². The molecule has 0 aliphatic rings. The van der Waals surface area contributed by atoms with Crippen molar-refractivity contribution >= 4 is 27.3 Å². The standard InChI is InChI=1S/C10H13F2NO5S2/c1-6-4-8(19-9(6)10(14)15)20(16,17)13-2-3-18-5-7(11)12/h4,7,13H,2-3,5H2,1H3,(H,14,15). The number of rotatable bonds is 8. The van der Waals surface area contributed by atoms with Crippen molar-refractivity contribution in [2.75, 3.05) is 19.8 Å². The number of sulfonamides is 1. The maximum atomic E-state index is 11.8. The van der Waals surface area contributed by atoms with Crippen molar-refractivity contribution in [2.45, 2.75) is 17.6 Å². The lowest BCUT2D eigenvalue weighted by molar-refractivity contribution is 0.0199. The number of nitrogens with one attached hydrogen (secondary N) is 1. The number of alkyl halides is 2. The third-order valence-corrected chi connectivity index (χ3v) is 5.30. The molecule has 0 unspecified atom stereocenters. The minimum atomic E-state index is -3.86. The van der Waals surface area contributed by atoms with E-state index >= 15 is 0 Å². The molecular weight excluding hydrogens is 316 g/mol. The molecule has 1 aromatic heterocycles. The van der Waals surface area contributed by atoms with Crippen LogP contribution in [0.4, 0.5) is 8.78 Å². The number of halogens is 2. The Morgan fingerprint density at radius 1 is 1.55 bits per heavy atom. The zero-order chi connectivity index (χ0) is 15.3. The molecule has 0 saturated heterocycles. The molecule has 6 nitrogen and oxygen atoms in total. The summed E-state index contributed by atoms with van der Waals surface area (Å²) in [6, 6.07) is 1.25. The summed E-state index contributed by atoms with van der Waals surface area (Å²) in [5.74, 6) is -1.20. The van der Waals surface area contributed by atoms with Crippen LogP contribution in [0, 0.1) is 6.92 Å². The molecule has 0 fully saturated rings. The number of aromatic carboxylic acids is 1. The van der Waals surface area contributed by atoms with E-state index in [2.05, 4.69) is 9.46 Å². The van der Waals surface area contributed by atoms with Gasteiger partial charge >= 0.3 is 5.97 Å². The van der Waals surface area contributed by atoms with Gasteiger partial charge in [-0.05, 0) is 18.6 Å². The first-order valence-electron chi connectivity index (χ1n) is 5.43. The van der Waals surface area contributed by atoms with Gasteiger partial charge in [-0.15, -0.1) is 11.3 Å². The predicted molar refractivity (Wildman–Crippen MR) is 68.0 cm³/mol. The molecule has 114 valence electrons. The molecule has 0 atom stereocenters. The van der Waals surface area contributed by atoms with E-state index in [-0.39, 0.29) is 22.2 Å². The maximum absolute atomic E-state index is 11.8. The second-order valence-electron chi connectivity index (χ2n) is 3.75. The highest BCUT2D eigenvalue weighted by atomic mass is 32.2. The number of hydrogen-bond donors (Lipinski definition) is 2. The van der Waals surface area contributed by atoms with Gasteiger partial charge in [0.1, 0.15) is 15.7 Å². The van der Waals surface area contributed by atoms with Gasteiger partial charge in [-0.25, -0.2) is 26.7 Å². The summed E-state index contributed by atoms with van der Waals surface area (Å²) in [6.07, 6.45) is -2.61. The Kier molecular flexibility index (Phi) is 5.99. The van der Waals surface area contributed by atoms with Crippen LogP contribution in [0.5, 0.6) is 0 Å². The van der Waals surface area contributed by atoms with Crippen LogP contribution in [0.1, 0.15) is 15.2 Å². The van der Waals surface area contributed by atoms with E-state index in [1.807, 2.05) is 0 Å². The molecule has 20 heavy (non-hydrogen) atoms. The van der Waals surface area contributed by atoms with Gasteiger partial charge in [-0.2, -0.15) is 0 Å². The Balaban J connectivity index is 2.61. The minimum Gasteiger partial charge on any atom is -0.477 e. The molecule has 0 bridgehead atoms. The van der Waals surface area contributed by atoms with Crippen LogP contribution < -0.4 is 4.72 Å². The number of carboxylic acids is 1. The summed E-state index contributed by atoms with van der Waals surface area (Å²) in [6.45, 7) is 0.363. The van der Waals surface area contributed by atoms with Crippen LogP contribution in [-0.2, 0) is 14.8 Å². The Labute approximate surface area is 118 Å². The largest absolute Gasteiger partial charge is 0.477 e. The normalized spacial score (nSPS) is 12.0. The van der Waals surface area contributed by atoms with Crippen LogP contribution in [0.2, 0.25) is 0 Å². The Morgan fingerprint density at radius 2 is 2.20 bits per heavy atom. The molecular formula is C10H13F2NO5S2. The Morgan fingerprint density at radius 3 is 2.70 bits per heavy atom. The van der Waals surface area contributed by atoms with Gasteiger partial charge in [-0.3, -0.25) is 0 Å². The molecule has 0 spiro atoms. The van der Waals surface area contributed by atoms with E-state index in [9.17, 15) is 22.0 Å². The average molecular weight is 329 g/mol. The molecule has 0 radical (unpaired) electrons. The van der Waals surface area contributed by atoms with E-state index in [1.165, 1.54) is 13.0 Å². The maximum Gasteiger partial charge on any atom is 0.346 e. The molecule has 0 aliphatic heterocycles. The molecule has 2 N–H and O–H groups in total. The molecule has 0 aliphatic carbocycles. The van der Waals surface area contributed by atoms with Crippen molar-refractivity contribution < 1.29 is 31.8 Å². The first kappa shape index (κ1) is 17.0. The first-order chi connectivity index (χ1) is 9.24. The van der Waals surface area contributed by atoms with E-state index in [4.69, 9.17) is 5.11 Å². The van der Waals surface area contributed by atoms with Crippen LogP contribution in [0.25, 0.3) is 0 Å². The second kappa shape index (κ2) is 7.07. The summed E-state index contributed by atoms with van der Waals surface area (Å²) >= 11 is 0.632. The van der Waals surface area contributed by atoms with Crippen LogP contribution in [0.3, 0.4) is 0 Å². The van der Waals surface area contributed by atoms with E-state index in [0.717, 1.165) is 0 Å². The Bertz CT molecular complexity index is 570. The van der Waals surface area contributed by atoms with Crippen molar-refractivity contribution in [3.8, 4) is 0 Å². The van der Waals surface area contributed by atoms with Gasteiger partial charge in [0.05, 0.1) is 6.61 Å². The van der Waals surface area contributed by atoms with Crippen LogP contribution in [-0.4, -0.2) is 45.7 Å². The summed E-state index contributed by atoms with van der Waals surface area (Å²) in [7, 11) is -3.86. The molecule has 0 aromatic carbocycles. The zero-order valence-electron chi connectivity index (χ0n) is 10.4. The number of carboxylic acid groups (broad SMARTS) is 1. The fourth-order valence-corrected chi connectivity index (χ4v) is 3.73. The third-order valence-electron chi connectivity index (χ3n) is 2.14. The lowest BCUT2D eigenvalue weighted by Gasteiger charge is -2.05. The highest BCUT2D eigenvalue weighted by Gasteiger charge is 2.21. The molecule has 0 saturated carbocycles. The van der Waals surface area contributed by atoms with Crippen LogP contribution in [0.15, 0.2) is 10.3 Å². The predicted octanol–water partition coefficient (Wildman–Crippen LogP) is 1.31. The van der Waals surface area contributed by atoms with Crippen molar-refractivity contribution in [3.63, 3.8) is 0 Å². The minimum absolute atomic E-state index is 0.0562. The van der Waals surface area contributed by atoms with Crippen molar-refractivity contribution in [2.24, 2.45) is 0 Å². The van der Waals surface area contributed by atoms with Gasteiger partial charge in [0.25, 0.3) is 6.43 Å². The Hall–Kier alpha value is -1.10. The fourth-order valence-electron chi connectivity index (χ4n) is 1.29. The van der Waals surface area contributed by atoms with Crippen molar-refractivity contribution in [1.82, 2.24) is 4.72 Å². The lowest BCUT2D eigenvalue weighted by Crippen LogP contribution is -2.27. The van der Waals surface area contributed by atoms with E-state index < -0.39 is 29.0 Å². The molecule has 1 aromatic rings. The molecule has 0 amide bonds. The number of hydrogen-bond acceptors (Lipinski definition) is 5. The quantitative estimate of drug-likeness (QED) is 0.702. The van der Waals surface area contributed by atoms with Crippen molar-refractivity contribution in [1.29, 1.82) is 0 Å².